The minimum absolute atomic E-state index is 0.778. The zero-order chi connectivity index (χ0) is 10.2. The van der Waals surface area contributed by atoms with E-state index in [2.05, 4.69) is 10.2 Å². The molecule has 2 aliphatic heterocycles. The molecule has 0 aromatic heterocycles. The Morgan fingerprint density at radius 2 is 1.86 bits per heavy atom. The van der Waals surface area contributed by atoms with Crippen molar-refractivity contribution in [1.29, 1.82) is 0 Å². The Balaban J connectivity index is 0.000000140. The molecule has 84 valence electrons. The highest BCUT2D eigenvalue weighted by Crippen LogP contribution is 2.01. The van der Waals surface area contributed by atoms with Gasteiger partial charge < -0.3 is 14.8 Å². The van der Waals surface area contributed by atoms with Crippen LogP contribution in [-0.2, 0) is 9.47 Å². The number of nitrogens with one attached hydrogen (secondary N) is 1. The first-order valence-corrected chi connectivity index (χ1v) is 5.30. The highest BCUT2D eigenvalue weighted by Gasteiger charge is 2.18. The smallest absolute Gasteiger partial charge is 0.0589 e. The van der Waals surface area contributed by atoms with E-state index in [1.54, 1.807) is 14.2 Å². The molecule has 0 saturated carbocycles. The van der Waals surface area contributed by atoms with E-state index >= 15 is 0 Å². The van der Waals surface area contributed by atoms with Gasteiger partial charge >= 0.3 is 0 Å². The first kappa shape index (κ1) is 11.9. The Kier molecular flexibility index (Phi) is 6.10. The molecule has 2 heterocycles. The van der Waals surface area contributed by atoms with Crippen LogP contribution >= 0.6 is 0 Å². The van der Waals surface area contributed by atoms with Crippen molar-refractivity contribution < 1.29 is 9.47 Å². The van der Waals surface area contributed by atoms with Gasteiger partial charge in [-0.15, -0.1) is 0 Å². The Labute approximate surface area is 86.6 Å². The van der Waals surface area contributed by atoms with Gasteiger partial charge in [0.1, 0.15) is 0 Å². The van der Waals surface area contributed by atoms with E-state index in [9.17, 15) is 0 Å². The Bertz CT molecular complexity index is 120. The minimum atomic E-state index is 0.778. The third kappa shape index (κ3) is 7.26. The van der Waals surface area contributed by atoms with Crippen LogP contribution in [0.3, 0.4) is 0 Å². The predicted molar refractivity (Wildman–Crippen MR) is 56.6 cm³/mol. The van der Waals surface area contributed by atoms with Gasteiger partial charge in [-0.2, -0.15) is 0 Å². The second kappa shape index (κ2) is 7.17. The minimum Gasteiger partial charge on any atom is -0.385 e. The molecule has 2 aliphatic rings. The maximum atomic E-state index is 4.85. The molecule has 2 fully saturated rings. The second-order valence-electron chi connectivity index (χ2n) is 3.72. The summed E-state index contributed by atoms with van der Waals surface area (Å²) in [6, 6.07) is 0.778. The topological polar surface area (TPSA) is 43.4 Å². The fourth-order valence-corrected chi connectivity index (χ4v) is 1.06. The van der Waals surface area contributed by atoms with Gasteiger partial charge in [0.2, 0.25) is 0 Å². The molecule has 2 saturated heterocycles. The van der Waals surface area contributed by atoms with Gasteiger partial charge in [-0.1, -0.05) is 0 Å². The molecule has 0 amide bonds. The first-order chi connectivity index (χ1) is 6.86. The molecule has 0 radical (unpaired) electrons. The lowest BCUT2D eigenvalue weighted by Crippen LogP contribution is -2.05. The summed E-state index contributed by atoms with van der Waals surface area (Å²) < 4.78 is 9.70. The molecular weight excluding hydrogens is 180 g/mol. The van der Waals surface area contributed by atoms with Gasteiger partial charge in [-0.3, -0.25) is 4.90 Å². The van der Waals surface area contributed by atoms with E-state index in [0.29, 0.717) is 0 Å². The molecule has 0 aliphatic carbocycles. The Hall–Kier alpha value is -0.160. The van der Waals surface area contributed by atoms with Gasteiger partial charge in [0.05, 0.1) is 6.61 Å². The lowest BCUT2D eigenvalue weighted by atomic mass is 10.3. The number of hydrogen-bond acceptors (Lipinski definition) is 4. The van der Waals surface area contributed by atoms with Gasteiger partial charge in [0.25, 0.3) is 0 Å². The SMILES string of the molecule is COCCC1CN1.COCCN1CC1. The molecular formula is C10H22N2O2. The summed E-state index contributed by atoms with van der Waals surface area (Å²) in [6.45, 7) is 6.67. The summed E-state index contributed by atoms with van der Waals surface area (Å²) in [5.41, 5.74) is 0. The number of ether oxygens (including phenoxy) is 2. The molecule has 4 nitrogen and oxygen atoms in total. The standard InChI is InChI=1S/2C5H11NO/c1-7-5-4-6-2-3-6;1-7-3-2-5-4-6-5/h2-5H2,1H3;5-6H,2-4H2,1H3. The van der Waals surface area contributed by atoms with Crippen molar-refractivity contribution >= 4 is 0 Å². The van der Waals surface area contributed by atoms with E-state index in [1.807, 2.05) is 0 Å². The molecule has 0 aromatic carbocycles. The van der Waals surface area contributed by atoms with Crippen LogP contribution in [0, 0.1) is 0 Å². The third-order valence-corrected chi connectivity index (χ3v) is 2.31. The summed E-state index contributed by atoms with van der Waals surface area (Å²) in [5, 5.41) is 3.19. The van der Waals surface area contributed by atoms with Gasteiger partial charge in [-0.25, -0.2) is 0 Å². The lowest BCUT2D eigenvalue weighted by molar-refractivity contribution is 0.186. The molecule has 0 bridgehead atoms. The molecule has 1 atom stereocenters. The summed E-state index contributed by atoms with van der Waals surface area (Å²) in [5.74, 6) is 0. The zero-order valence-electron chi connectivity index (χ0n) is 9.29. The maximum absolute atomic E-state index is 4.85. The first-order valence-electron chi connectivity index (χ1n) is 5.30. The van der Waals surface area contributed by atoms with Crippen molar-refractivity contribution in [2.75, 3.05) is 53.6 Å². The normalized spacial score (nSPS) is 24.0. The molecule has 1 N–H and O–H groups in total. The largest absolute Gasteiger partial charge is 0.385 e. The van der Waals surface area contributed by atoms with Crippen molar-refractivity contribution in [2.24, 2.45) is 0 Å². The highest BCUT2D eigenvalue weighted by molar-refractivity contribution is 4.82. The number of hydrogen-bond donors (Lipinski definition) is 1. The second-order valence-corrected chi connectivity index (χ2v) is 3.72. The summed E-state index contributed by atoms with van der Waals surface area (Å²) in [7, 11) is 3.48. The molecule has 4 heteroatoms. The monoisotopic (exact) mass is 202 g/mol. The summed E-state index contributed by atoms with van der Waals surface area (Å²) in [4.78, 5) is 2.34. The van der Waals surface area contributed by atoms with Crippen LogP contribution in [0.5, 0.6) is 0 Å². The van der Waals surface area contributed by atoms with Gasteiger partial charge in [-0.05, 0) is 6.42 Å². The van der Waals surface area contributed by atoms with Crippen LogP contribution in [0.15, 0.2) is 0 Å². The van der Waals surface area contributed by atoms with Crippen LogP contribution in [0.2, 0.25) is 0 Å². The van der Waals surface area contributed by atoms with E-state index < -0.39 is 0 Å². The molecule has 2 rings (SSSR count). The average molecular weight is 202 g/mol. The van der Waals surface area contributed by atoms with Crippen molar-refractivity contribution in [2.45, 2.75) is 12.5 Å². The van der Waals surface area contributed by atoms with Crippen molar-refractivity contribution in [3.8, 4) is 0 Å². The summed E-state index contributed by atoms with van der Waals surface area (Å²) >= 11 is 0. The molecule has 14 heavy (non-hydrogen) atoms. The van der Waals surface area contributed by atoms with Crippen LogP contribution in [-0.4, -0.2) is 64.6 Å². The quantitative estimate of drug-likeness (QED) is 0.613. The van der Waals surface area contributed by atoms with Crippen molar-refractivity contribution in [1.82, 2.24) is 10.2 Å². The summed E-state index contributed by atoms with van der Waals surface area (Å²) in [6.07, 6.45) is 1.18. The predicted octanol–water partition coefficient (Wildman–Crippen LogP) is -0.0569. The van der Waals surface area contributed by atoms with Gasteiger partial charge in [0.15, 0.2) is 0 Å². The molecule has 0 spiro atoms. The Morgan fingerprint density at radius 3 is 2.29 bits per heavy atom. The fraction of sp³-hybridized carbons (Fsp3) is 1.00. The van der Waals surface area contributed by atoms with Crippen LogP contribution in [0.4, 0.5) is 0 Å². The highest BCUT2D eigenvalue weighted by atomic mass is 16.5. The van der Waals surface area contributed by atoms with E-state index in [-0.39, 0.29) is 0 Å². The zero-order valence-corrected chi connectivity index (χ0v) is 9.29. The number of methoxy groups -OCH3 is 2. The van der Waals surface area contributed by atoms with E-state index in [4.69, 9.17) is 9.47 Å². The van der Waals surface area contributed by atoms with E-state index in [1.165, 1.54) is 26.1 Å². The fourth-order valence-electron chi connectivity index (χ4n) is 1.06. The third-order valence-electron chi connectivity index (χ3n) is 2.31. The van der Waals surface area contributed by atoms with Crippen LogP contribution in [0.25, 0.3) is 0 Å². The van der Waals surface area contributed by atoms with Gasteiger partial charge in [0, 0.05) is 53.0 Å². The molecule has 1 unspecified atom stereocenters. The average Bonchev–Trinajstić information content (AvgIpc) is 3.04. The lowest BCUT2D eigenvalue weighted by Gasteiger charge is -1.95. The van der Waals surface area contributed by atoms with Crippen molar-refractivity contribution in [3.05, 3.63) is 0 Å². The van der Waals surface area contributed by atoms with Crippen LogP contribution in [0.1, 0.15) is 6.42 Å². The number of rotatable bonds is 6. The Morgan fingerprint density at radius 1 is 1.21 bits per heavy atom. The molecule has 0 aromatic rings. The number of nitrogens with zero attached hydrogens (tertiary/aromatic N) is 1. The van der Waals surface area contributed by atoms with Crippen molar-refractivity contribution in [3.63, 3.8) is 0 Å². The van der Waals surface area contributed by atoms with E-state index in [0.717, 1.165) is 25.8 Å². The van der Waals surface area contributed by atoms with Crippen LogP contribution < -0.4 is 5.32 Å². The maximum Gasteiger partial charge on any atom is 0.0589 e.